The summed E-state index contributed by atoms with van der Waals surface area (Å²) in [4.78, 5) is 24.9. The Hall–Kier alpha value is -3.25. The summed E-state index contributed by atoms with van der Waals surface area (Å²) in [6.07, 6.45) is 7.98. The van der Waals surface area contributed by atoms with E-state index in [-0.39, 0.29) is 46.2 Å². The third-order valence-electron chi connectivity index (χ3n) is 5.49. The SMILES string of the molecule is C[C@H]1C=CC(SC(=O)CCC(=O)Nc2ccc(Nc3ccccc3)cc2)/C=C(O)\C(C(C)(C)C)=C/1. The van der Waals surface area contributed by atoms with Crippen molar-refractivity contribution in [3.63, 3.8) is 0 Å². The largest absolute Gasteiger partial charge is 0.508 e. The molecule has 35 heavy (non-hydrogen) atoms. The molecule has 2 atom stereocenters. The summed E-state index contributed by atoms with van der Waals surface area (Å²) in [5, 5.41) is 16.4. The molecular weight excluding hydrogens is 456 g/mol. The highest BCUT2D eigenvalue weighted by molar-refractivity contribution is 8.14. The number of nitrogens with one attached hydrogen (secondary N) is 2. The Kier molecular flexibility index (Phi) is 8.99. The van der Waals surface area contributed by atoms with Gasteiger partial charge < -0.3 is 15.7 Å². The fourth-order valence-electron chi connectivity index (χ4n) is 3.67. The van der Waals surface area contributed by atoms with Crippen LogP contribution in [0.3, 0.4) is 0 Å². The van der Waals surface area contributed by atoms with Crippen molar-refractivity contribution in [2.45, 2.75) is 45.8 Å². The van der Waals surface area contributed by atoms with Crippen molar-refractivity contribution < 1.29 is 14.7 Å². The first-order chi connectivity index (χ1) is 16.6. The minimum Gasteiger partial charge on any atom is -0.508 e. The van der Waals surface area contributed by atoms with Gasteiger partial charge in [0.2, 0.25) is 5.91 Å². The monoisotopic (exact) mass is 490 g/mol. The number of rotatable bonds is 7. The van der Waals surface area contributed by atoms with E-state index in [0.29, 0.717) is 5.69 Å². The molecule has 0 aliphatic heterocycles. The maximum absolute atomic E-state index is 12.6. The molecule has 5 nitrogen and oxygen atoms in total. The third kappa shape index (κ3) is 8.48. The maximum Gasteiger partial charge on any atom is 0.224 e. The summed E-state index contributed by atoms with van der Waals surface area (Å²) in [5.74, 6) is 0.154. The van der Waals surface area contributed by atoms with Crippen LogP contribution in [0.15, 0.2) is 90.2 Å². The summed E-state index contributed by atoms with van der Waals surface area (Å²) in [7, 11) is 0. The van der Waals surface area contributed by atoms with E-state index >= 15 is 0 Å². The van der Waals surface area contributed by atoms with Crippen molar-refractivity contribution in [1.82, 2.24) is 0 Å². The summed E-state index contributed by atoms with van der Waals surface area (Å²) >= 11 is 1.14. The number of amides is 1. The van der Waals surface area contributed by atoms with Crippen LogP contribution in [0.4, 0.5) is 17.1 Å². The first-order valence-corrected chi connectivity index (χ1v) is 12.7. The molecule has 0 heterocycles. The van der Waals surface area contributed by atoms with Crippen LogP contribution in [0.2, 0.25) is 0 Å². The van der Waals surface area contributed by atoms with E-state index in [1.165, 1.54) is 0 Å². The molecule has 0 saturated carbocycles. The van der Waals surface area contributed by atoms with Gasteiger partial charge in [-0.05, 0) is 59.4 Å². The Morgan fingerprint density at radius 3 is 2.17 bits per heavy atom. The van der Waals surface area contributed by atoms with Crippen LogP contribution in [0.5, 0.6) is 0 Å². The second kappa shape index (κ2) is 11.9. The van der Waals surface area contributed by atoms with E-state index in [2.05, 4.69) is 44.4 Å². The number of anilines is 3. The molecule has 1 aliphatic rings. The Labute approximate surface area is 212 Å². The number of carbonyl (C=O) groups excluding carboxylic acids is 2. The van der Waals surface area contributed by atoms with E-state index in [1.807, 2.05) is 66.7 Å². The molecule has 1 amide bonds. The molecule has 0 fully saturated rings. The number of benzene rings is 2. The molecule has 2 aromatic rings. The van der Waals surface area contributed by atoms with E-state index in [0.717, 1.165) is 28.7 Å². The molecule has 184 valence electrons. The third-order valence-corrected chi connectivity index (χ3v) is 6.53. The standard InChI is InChI=1S/C29H34N2O3S/c1-20-10-15-24(19-26(32)25(18-20)29(2,3)4)35-28(34)17-16-27(33)31-23-13-11-22(12-14-23)30-21-8-6-5-7-9-21/h5-15,18-20,24,30,32H,16-17H2,1-4H3,(H,31,33)/b15-10?,25-18+,26-19+/t20-,24?/m0/s1. The van der Waals surface area contributed by atoms with Crippen LogP contribution >= 0.6 is 11.8 Å². The number of hydrogen-bond donors (Lipinski definition) is 3. The first kappa shape index (κ1) is 26.4. The van der Waals surface area contributed by atoms with Crippen LogP contribution in [0, 0.1) is 11.3 Å². The van der Waals surface area contributed by atoms with Gasteiger partial charge in [0.25, 0.3) is 0 Å². The highest BCUT2D eigenvalue weighted by Crippen LogP contribution is 2.34. The Morgan fingerprint density at radius 1 is 0.886 bits per heavy atom. The Balaban J connectivity index is 1.50. The molecule has 0 radical (unpaired) electrons. The lowest BCUT2D eigenvalue weighted by Gasteiger charge is -2.25. The maximum atomic E-state index is 12.6. The Morgan fingerprint density at radius 2 is 1.51 bits per heavy atom. The lowest BCUT2D eigenvalue weighted by atomic mass is 9.82. The van der Waals surface area contributed by atoms with Gasteiger partial charge in [0, 0.05) is 29.9 Å². The number of aliphatic hydroxyl groups excluding tert-OH is 1. The number of para-hydroxylation sites is 1. The van der Waals surface area contributed by atoms with Crippen LogP contribution < -0.4 is 10.6 Å². The van der Waals surface area contributed by atoms with E-state index < -0.39 is 0 Å². The molecule has 0 aromatic heterocycles. The van der Waals surface area contributed by atoms with Gasteiger partial charge in [0.1, 0.15) is 5.76 Å². The van der Waals surface area contributed by atoms with Crippen molar-refractivity contribution in [1.29, 1.82) is 0 Å². The molecule has 0 saturated heterocycles. The summed E-state index contributed by atoms with van der Waals surface area (Å²) in [6, 6.07) is 17.3. The van der Waals surface area contributed by atoms with Crippen LogP contribution in [-0.4, -0.2) is 21.4 Å². The number of thioether (sulfide) groups is 1. The minimum absolute atomic E-state index is 0.0872. The quantitative estimate of drug-likeness (QED) is 0.353. The minimum atomic E-state index is -0.274. The average Bonchev–Trinajstić information content (AvgIpc) is 2.80. The second-order valence-corrected chi connectivity index (χ2v) is 10.9. The average molecular weight is 491 g/mol. The molecule has 3 rings (SSSR count). The van der Waals surface area contributed by atoms with Gasteiger partial charge in [0.05, 0.1) is 5.25 Å². The highest BCUT2D eigenvalue weighted by atomic mass is 32.2. The number of hydrogen-bond acceptors (Lipinski definition) is 5. The smallest absolute Gasteiger partial charge is 0.224 e. The molecule has 1 aliphatic carbocycles. The van der Waals surface area contributed by atoms with Gasteiger partial charge in [-0.15, -0.1) is 0 Å². The van der Waals surface area contributed by atoms with Gasteiger partial charge in [0.15, 0.2) is 5.12 Å². The molecule has 3 N–H and O–H groups in total. The van der Waals surface area contributed by atoms with Crippen LogP contribution in [-0.2, 0) is 9.59 Å². The fourth-order valence-corrected chi connectivity index (χ4v) is 4.56. The lowest BCUT2D eigenvalue weighted by molar-refractivity contribution is -0.119. The molecular formula is C29H34N2O3S. The van der Waals surface area contributed by atoms with Crippen molar-refractivity contribution >= 4 is 39.8 Å². The molecule has 2 aromatic carbocycles. The van der Waals surface area contributed by atoms with Gasteiger partial charge in [-0.1, -0.05) is 75.9 Å². The first-order valence-electron chi connectivity index (χ1n) is 11.8. The van der Waals surface area contributed by atoms with Crippen molar-refractivity contribution in [2.75, 3.05) is 10.6 Å². The summed E-state index contributed by atoms with van der Waals surface area (Å²) < 4.78 is 0. The zero-order valence-electron chi connectivity index (χ0n) is 20.7. The molecule has 1 unspecified atom stereocenters. The van der Waals surface area contributed by atoms with Gasteiger partial charge in [-0.3, -0.25) is 9.59 Å². The molecule has 6 heteroatoms. The van der Waals surface area contributed by atoms with Crippen LogP contribution in [0.25, 0.3) is 0 Å². The van der Waals surface area contributed by atoms with Crippen LogP contribution in [0.1, 0.15) is 40.5 Å². The zero-order chi connectivity index (χ0) is 25.4. The van der Waals surface area contributed by atoms with Gasteiger partial charge in [-0.2, -0.15) is 0 Å². The highest BCUT2D eigenvalue weighted by Gasteiger charge is 2.24. The fraction of sp³-hybridized carbons (Fsp3) is 0.310. The van der Waals surface area contributed by atoms with Crippen molar-refractivity contribution in [3.8, 4) is 0 Å². The van der Waals surface area contributed by atoms with Gasteiger partial charge in [-0.25, -0.2) is 0 Å². The van der Waals surface area contributed by atoms with E-state index in [4.69, 9.17) is 0 Å². The van der Waals surface area contributed by atoms with Gasteiger partial charge >= 0.3 is 0 Å². The number of aliphatic hydroxyl groups is 1. The summed E-state index contributed by atoms with van der Waals surface area (Å²) in [5.41, 5.74) is 3.26. The predicted octanol–water partition coefficient (Wildman–Crippen LogP) is 7.40. The van der Waals surface area contributed by atoms with E-state index in [9.17, 15) is 14.7 Å². The topological polar surface area (TPSA) is 78.4 Å². The number of carbonyl (C=O) groups is 2. The normalized spacial score (nSPS) is 21.0. The lowest BCUT2D eigenvalue weighted by Crippen LogP contribution is -2.16. The number of allylic oxidation sites excluding steroid dienone is 3. The predicted molar refractivity (Wildman–Crippen MR) is 147 cm³/mol. The molecule has 0 spiro atoms. The Bertz CT molecular complexity index is 1110. The zero-order valence-corrected chi connectivity index (χ0v) is 21.6. The van der Waals surface area contributed by atoms with E-state index in [1.54, 1.807) is 6.08 Å². The van der Waals surface area contributed by atoms with Crippen molar-refractivity contribution in [3.05, 3.63) is 90.2 Å². The van der Waals surface area contributed by atoms with Crippen molar-refractivity contribution in [2.24, 2.45) is 11.3 Å². The summed E-state index contributed by atoms with van der Waals surface area (Å²) in [6.45, 7) is 8.22. The second-order valence-electron chi connectivity index (χ2n) is 9.70. The molecule has 0 bridgehead atoms.